The Balaban J connectivity index is 2.05. The summed E-state index contributed by atoms with van der Waals surface area (Å²) < 4.78 is 5.22. The molecule has 1 fully saturated rings. The lowest BCUT2D eigenvalue weighted by Gasteiger charge is -2.35. The minimum atomic E-state index is -0.871. The molecule has 1 aromatic heterocycles. The summed E-state index contributed by atoms with van der Waals surface area (Å²) in [6.07, 6.45) is 4.05. The Labute approximate surface area is 112 Å². The van der Waals surface area contributed by atoms with Gasteiger partial charge in [0.05, 0.1) is 23.0 Å². The predicted octanol–water partition coefficient (Wildman–Crippen LogP) is 0.277. The average Bonchev–Trinajstić information content (AvgIpc) is 2.39. The standard InChI is InChI=1S/C13H19N3O3/c1-16(9-13(18)3-6-19-7-4-13)12(17)10-2-5-15-8-11(10)14/h2,5,8,18H,3-4,6-7,9,14H2,1H3. The number of aliphatic hydroxyl groups is 1. The van der Waals surface area contributed by atoms with E-state index in [1.54, 1.807) is 13.1 Å². The smallest absolute Gasteiger partial charge is 0.255 e. The first-order valence-electron chi connectivity index (χ1n) is 6.27. The van der Waals surface area contributed by atoms with Crippen molar-refractivity contribution in [1.82, 2.24) is 9.88 Å². The van der Waals surface area contributed by atoms with E-state index in [0.29, 0.717) is 37.3 Å². The number of aromatic nitrogens is 1. The molecule has 1 aliphatic rings. The second-order valence-corrected chi connectivity index (χ2v) is 4.96. The number of carbonyl (C=O) groups excluding carboxylic acids is 1. The largest absolute Gasteiger partial charge is 0.397 e. The van der Waals surface area contributed by atoms with E-state index in [0.717, 1.165) is 0 Å². The molecule has 0 saturated carbocycles. The number of ether oxygens (including phenoxy) is 1. The van der Waals surface area contributed by atoms with E-state index in [1.165, 1.54) is 17.3 Å². The Bertz CT molecular complexity index is 458. The number of anilines is 1. The van der Waals surface area contributed by atoms with Crippen LogP contribution in [0.3, 0.4) is 0 Å². The van der Waals surface area contributed by atoms with Crippen molar-refractivity contribution in [1.29, 1.82) is 0 Å². The van der Waals surface area contributed by atoms with Crippen molar-refractivity contribution in [3.63, 3.8) is 0 Å². The van der Waals surface area contributed by atoms with Gasteiger partial charge in [-0.1, -0.05) is 0 Å². The second-order valence-electron chi connectivity index (χ2n) is 4.96. The number of rotatable bonds is 3. The molecule has 1 amide bonds. The first-order chi connectivity index (χ1) is 9.02. The fourth-order valence-corrected chi connectivity index (χ4v) is 2.23. The van der Waals surface area contributed by atoms with Gasteiger partial charge in [0.25, 0.3) is 5.91 Å². The zero-order valence-electron chi connectivity index (χ0n) is 11.0. The topological polar surface area (TPSA) is 88.7 Å². The van der Waals surface area contributed by atoms with Crippen LogP contribution in [0.25, 0.3) is 0 Å². The van der Waals surface area contributed by atoms with Crippen molar-refractivity contribution in [2.75, 3.05) is 32.5 Å². The summed E-state index contributed by atoms with van der Waals surface area (Å²) >= 11 is 0. The highest BCUT2D eigenvalue weighted by atomic mass is 16.5. The second kappa shape index (κ2) is 5.54. The summed E-state index contributed by atoms with van der Waals surface area (Å²) in [5.41, 5.74) is 5.62. The van der Waals surface area contributed by atoms with Gasteiger partial charge in [0.2, 0.25) is 0 Å². The third-order valence-corrected chi connectivity index (χ3v) is 3.38. The predicted molar refractivity (Wildman–Crippen MR) is 70.6 cm³/mol. The zero-order chi connectivity index (χ0) is 13.9. The van der Waals surface area contributed by atoms with Crippen LogP contribution in [0.2, 0.25) is 0 Å². The lowest BCUT2D eigenvalue weighted by Crippen LogP contribution is -2.47. The van der Waals surface area contributed by atoms with Gasteiger partial charge in [0.15, 0.2) is 0 Å². The molecule has 0 atom stereocenters. The molecule has 0 aromatic carbocycles. The number of carbonyl (C=O) groups is 1. The Morgan fingerprint density at radius 1 is 1.58 bits per heavy atom. The first kappa shape index (κ1) is 13.8. The normalized spacial score (nSPS) is 18.0. The Morgan fingerprint density at radius 3 is 2.89 bits per heavy atom. The number of hydrogen-bond donors (Lipinski definition) is 2. The van der Waals surface area contributed by atoms with E-state index < -0.39 is 5.60 Å². The van der Waals surface area contributed by atoms with Crippen LogP contribution in [-0.4, -0.2) is 53.3 Å². The molecule has 1 aliphatic heterocycles. The zero-order valence-corrected chi connectivity index (χ0v) is 11.0. The fourth-order valence-electron chi connectivity index (χ4n) is 2.23. The van der Waals surface area contributed by atoms with Crippen LogP contribution in [-0.2, 0) is 4.74 Å². The van der Waals surface area contributed by atoms with E-state index in [-0.39, 0.29) is 12.5 Å². The monoisotopic (exact) mass is 265 g/mol. The number of amides is 1. The Hall–Kier alpha value is -1.66. The van der Waals surface area contributed by atoms with Crippen molar-refractivity contribution < 1.29 is 14.6 Å². The molecule has 1 aromatic rings. The molecule has 2 heterocycles. The molecular formula is C13H19N3O3. The van der Waals surface area contributed by atoms with Gasteiger partial charge in [-0.15, -0.1) is 0 Å². The number of nitrogens with two attached hydrogens (primary N) is 1. The average molecular weight is 265 g/mol. The van der Waals surface area contributed by atoms with Crippen LogP contribution in [0, 0.1) is 0 Å². The maximum absolute atomic E-state index is 12.3. The number of hydrogen-bond acceptors (Lipinski definition) is 5. The molecule has 1 saturated heterocycles. The number of nitrogens with zero attached hydrogens (tertiary/aromatic N) is 2. The summed E-state index contributed by atoms with van der Waals surface area (Å²) in [5, 5.41) is 10.4. The number of nitrogen functional groups attached to an aromatic ring is 1. The Morgan fingerprint density at radius 2 is 2.26 bits per heavy atom. The van der Waals surface area contributed by atoms with Crippen LogP contribution in [0.5, 0.6) is 0 Å². The van der Waals surface area contributed by atoms with Crippen LogP contribution in [0.15, 0.2) is 18.5 Å². The molecule has 3 N–H and O–H groups in total. The maximum Gasteiger partial charge on any atom is 0.255 e. The van der Waals surface area contributed by atoms with Gasteiger partial charge in [0.1, 0.15) is 0 Å². The summed E-state index contributed by atoms with van der Waals surface area (Å²) in [5.74, 6) is -0.209. The maximum atomic E-state index is 12.3. The molecular weight excluding hydrogens is 246 g/mol. The van der Waals surface area contributed by atoms with Crippen molar-refractivity contribution >= 4 is 11.6 Å². The molecule has 2 rings (SSSR count). The number of pyridine rings is 1. The summed E-state index contributed by atoms with van der Waals surface area (Å²) in [7, 11) is 1.66. The third kappa shape index (κ3) is 3.21. The SMILES string of the molecule is CN(CC1(O)CCOCC1)C(=O)c1ccncc1N. The minimum Gasteiger partial charge on any atom is -0.397 e. The van der Waals surface area contributed by atoms with Gasteiger partial charge in [-0.05, 0) is 6.07 Å². The van der Waals surface area contributed by atoms with Crippen molar-refractivity contribution in [2.24, 2.45) is 0 Å². The van der Waals surface area contributed by atoms with Crippen LogP contribution in [0.4, 0.5) is 5.69 Å². The quantitative estimate of drug-likeness (QED) is 0.819. The molecule has 6 heteroatoms. The molecule has 19 heavy (non-hydrogen) atoms. The Kier molecular flexibility index (Phi) is 4.01. The van der Waals surface area contributed by atoms with Crippen molar-refractivity contribution in [2.45, 2.75) is 18.4 Å². The lowest BCUT2D eigenvalue weighted by molar-refractivity contribution is -0.0734. The van der Waals surface area contributed by atoms with Gasteiger partial charge in [-0.2, -0.15) is 0 Å². The molecule has 104 valence electrons. The van der Waals surface area contributed by atoms with Gasteiger partial charge in [-0.3, -0.25) is 9.78 Å². The molecule has 0 aliphatic carbocycles. The van der Waals surface area contributed by atoms with Crippen molar-refractivity contribution in [3.8, 4) is 0 Å². The van der Waals surface area contributed by atoms with Crippen molar-refractivity contribution in [3.05, 3.63) is 24.0 Å². The molecule has 0 unspecified atom stereocenters. The van der Waals surface area contributed by atoms with E-state index in [9.17, 15) is 9.90 Å². The summed E-state index contributed by atoms with van der Waals surface area (Å²) in [4.78, 5) is 17.6. The van der Waals surface area contributed by atoms with Gasteiger partial charge in [-0.25, -0.2) is 0 Å². The molecule has 0 spiro atoms. The molecule has 0 radical (unpaired) electrons. The van der Waals surface area contributed by atoms with E-state index in [4.69, 9.17) is 10.5 Å². The highest BCUT2D eigenvalue weighted by molar-refractivity contribution is 5.98. The highest BCUT2D eigenvalue weighted by Crippen LogP contribution is 2.22. The van der Waals surface area contributed by atoms with Crippen LogP contribution < -0.4 is 5.73 Å². The minimum absolute atomic E-state index is 0.209. The first-order valence-corrected chi connectivity index (χ1v) is 6.27. The van der Waals surface area contributed by atoms with Crippen LogP contribution in [0.1, 0.15) is 23.2 Å². The van der Waals surface area contributed by atoms with E-state index in [1.807, 2.05) is 0 Å². The molecule has 0 bridgehead atoms. The van der Waals surface area contributed by atoms with Gasteiger partial charge < -0.3 is 20.5 Å². The van der Waals surface area contributed by atoms with Gasteiger partial charge >= 0.3 is 0 Å². The van der Waals surface area contributed by atoms with E-state index in [2.05, 4.69) is 4.98 Å². The lowest BCUT2D eigenvalue weighted by atomic mass is 9.93. The molecule has 6 nitrogen and oxygen atoms in total. The highest BCUT2D eigenvalue weighted by Gasteiger charge is 2.32. The fraction of sp³-hybridized carbons (Fsp3) is 0.538. The van der Waals surface area contributed by atoms with Gasteiger partial charge in [0, 0.05) is 45.8 Å². The third-order valence-electron chi connectivity index (χ3n) is 3.38. The summed E-state index contributed by atoms with van der Waals surface area (Å²) in [6.45, 7) is 1.32. The summed E-state index contributed by atoms with van der Waals surface area (Å²) in [6, 6.07) is 1.59. The number of likely N-dealkylation sites (N-methyl/N-ethyl adjacent to an activating group) is 1. The van der Waals surface area contributed by atoms with E-state index >= 15 is 0 Å². The van der Waals surface area contributed by atoms with Crippen LogP contribution >= 0.6 is 0 Å².